The molecule has 4 heterocycles. The molecule has 1 unspecified atom stereocenters. The maximum atomic E-state index is 13.4. The van der Waals surface area contributed by atoms with Crippen molar-refractivity contribution in [2.24, 2.45) is 5.41 Å². The van der Waals surface area contributed by atoms with Crippen LogP contribution in [0.1, 0.15) is 41.0 Å². The van der Waals surface area contributed by atoms with Gasteiger partial charge in [-0.25, -0.2) is 0 Å². The fourth-order valence-electron chi connectivity index (χ4n) is 4.76. The van der Waals surface area contributed by atoms with Gasteiger partial charge in [-0.2, -0.15) is 10.1 Å². The highest BCUT2D eigenvalue weighted by atomic mass is 16.5. The standard InChI is InChI=1S/C20H24N6O2/c1-13-21-18(28-24-13)15-11-26(12-20(15)7-9-25(2)10-8-20)19(27)17-14-5-3-4-6-16(14)22-23-17/h3-6,15H,7-12H2,1-2H3,(H,22,23). The number of aromatic nitrogens is 4. The van der Waals surface area contributed by atoms with Crippen LogP contribution in [0.4, 0.5) is 0 Å². The van der Waals surface area contributed by atoms with E-state index >= 15 is 0 Å². The highest BCUT2D eigenvalue weighted by Crippen LogP contribution is 2.49. The van der Waals surface area contributed by atoms with Crippen LogP contribution in [0.2, 0.25) is 0 Å². The number of para-hydroxylation sites is 1. The van der Waals surface area contributed by atoms with Crippen molar-refractivity contribution >= 4 is 16.8 Å². The van der Waals surface area contributed by atoms with Gasteiger partial charge in [-0.3, -0.25) is 9.89 Å². The van der Waals surface area contributed by atoms with E-state index in [0.717, 1.165) is 36.8 Å². The van der Waals surface area contributed by atoms with Crippen LogP contribution < -0.4 is 0 Å². The van der Waals surface area contributed by atoms with E-state index in [1.165, 1.54) is 0 Å². The van der Waals surface area contributed by atoms with Crippen molar-refractivity contribution in [1.82, 2.24) is 30.1 Å². The molecule has 8 nitrogen and oxygen atoms in total. The minimum Gasteiger partial charge on any atom is -0.339 e. The second kappa shape index (κ2) is 6.41. The SMILES string of the molecule is Cc1noc(C2CN(C(=O)c3n[nH]c4ccccc34)CC23CCN(C)CC3)n1. The molecule has 3 aromatic rings. The van der Waals surface area contributed by atoms with Crippen molar-refractivity contribution in [2.75, 3.05) is 33.2 Å². The first-order valence-corrected chi connectivity index (χ1v) is 9.77. The molecule has 1 amide bonds. The number of amides is 1. The maximum Gasteiger partial charge on any atom is 0.275 e. The normalized spacial score (nSPS) is 22.4. The first-order valence-electron chi connectivity index (χ1n) is 9.77. The predicted molar refractivity (Wildman–Crippen MR) is 103 cm³/mol. The zero-order chi connectivity index (χ0) is 19.3. The van der Waals surface area contributed by atoms with Gasteiger partial charge in [-0.05, 0) is 46.0 Å². The van der Waals surface area contributed by atoms with Gasteiger partial charge in [-0.1, -0.05) is 23.4 Å². The molecule has 5 rings (SSSR count). The Morgan fingerprint density at radius 1 is 1.29 bits per heavy atom. The largest absolute Gasteiger partial charge is 0.339 e. The zero-order valence-corrected chi connectivity index (χ0v) is 16.2. The number of aryl methyl sites for hydroxylation is 1. The molecule has 2 saturated heterocycles. The topological polar surface area (TPSA) is 91.2 Å². The van der Waals surface area contributed by atoms with Crippen LogP contribution in [-0.4, -0.2) is 69.3 Å². The van der Waals surface area contributed by atoms with E-state index in [9.17, 15) is 4.79 Å². The molecule has 1 spiro atoms. The predicted octanol–water partition coefficient (Wildman–Crippen LogP) is 2.21. The third-order valence-electron chi connectivity index (χ3n) is 6.43. The average Bonchev–Trinajstić information content (AvgIpc) is 3.41. The van der Waals surface area contributed by atoms with Crippen molar-refractivity contribution in [3.8, 4) is 0 Å². The molecule has 0 bridgehead atoms. The number of fused-ring (bicyclic) bond motifs is 1. The number of carbonyl (C=O) groups excluding carboxylic acids is 1. The molecule has 8 heteroatoms. The van der Waals surface area contributed by atoms with Gasteiger partial charge in [0.05, 0.1) is 11.4 Å². The van der Waals surface area contributed by atoms with Crippen molar-refractivity contribution < 1.29 is 9.32 Å². The van der Waals surface area contributed by atoms with Crippen molar-refractivity contribution in [3.63, 3.8) is 0 Å². The summed E-state index contributed by atoms with van der Waals surface area (Å²) < 4.78 is 5.56. The smallest absolute Gasteiger partial charge is 0.275 e. The van der Waals surface area contributed by atoms with Crippen LogP contribution in [0.3, 0.4) is 0 Å². The molecule has 0 radical (unpaired) electrons. The van der Waals surface area contributed by atoms with Gasteiger partial charge in [0.25, 0.3) is 5.91 Å². The molecule has 0 saturated carbocycles. The zero-order valence-electron chi connectivity index (χ0n) is 16.2. The number of likely N-dealkylation sites (tertiary alicyclic amines) is 2. The Morgan fingerprint density at radius 2 is 2.07 bits per heavy atom. The van der Waals surface area contributed by atoms with Crippen molar-refractivity contribution in [3.05, 3.63) is 41.7 Å². The van der Waals surface area contributed by atoms with Gasteiger partial charge in [0.15, 0.2) is 11.5 Å². The molecule has 1 aromatic carbocycles. The van der Waals surface area contributed by atoms with Gasteiger partial charge in [0, 0.05) is 23.9 Å². The number of carbonyl (C=O) groups is 1. The molecule has 1 atom stereocenters. The fraction of sp³-hybridized carbons (Fsp3) is 0.500. The van der Waals surface area contributed by atoms with E-state index in [2.05, 4.69) is 32.3 Å². The lowest BCUT2D eigenvalue weighted by molar-refractivity contribution is 0.0722. The number of rotatable bonds is 2. The molecule has 2 aliphatic rings. The van der Waals surface area contributed by atoms with Crippen molar-refractivity contribution in [1.29, 1.82) is 0 Å². The van der Waals surface area contributed by atoms with E-state index in [0.29, 0.717) is 30.5 Å². The van der Waals surface area contributed by atoms with Crippen LogP contribution in [-0.2, 0) is 0 Å². The summed E-state index contributed by atoms with van der Waals surface area (Å²) >= 11 is 0. The minimum absolute atomic E-state index is 0.0206. The number of aromatic amines is 1. The molecule has 1 N–H and O–H groups in total. The Bertz CT molecular complexity index is 1020. The van der Waals surface area contributed by atoms with Gasteiger partial charge >= 0.3 is 0 Å². The summed E-state index contributed by atoms with van der Waals surface area (Å²) in [5.41, 5.74) is 1.34. The van der Waals surface area contributed by atoms with Crippen LogP contribution in [0, 0.1) is 12.3 Å². The summed E-state index contributed by atoms with van der Waals surface area (Å²) in [6.45, 7) is 5.15. The van der Waals surface area contributed by atoms with E-state index in [1.54, 1.807) is 0 Å². The van der Waals surface area contributed by atoms with E-state index in [4.69, 9.17) is 4.52 Å². The lowest BCUT2D eigenvalue weighted by Crippen LogP contribution is -2.42. The van der Waals surface area contributed by atoms with Crippen molar-refractivity contribution in [2.45, 2.75) is 25.7 Å². The molecule has 28 heavy (non-hydrogen) atoms. The molecule has 2 fully saturated rings. The average molecular weight is 380 g/mol. The van der Waals surface area contributed by atoms with Gasteiger partial charge in [0.1, 0.15) is 0 Å². The van der Waals surface area contributed by atoms with Gasteiger partial charge < -0.3 is 14.3 Å². The number of piperidine rings is 1. The fourth-order valence-corrected chi connectivity index (χ4v) is 4.76. The van der Waals surface area contributed by atoms with E-state index < -0.39 is 0 Å². The number of H-pyrrole nitrogens is 1. The number of benzene rings is 1. The monoisotopic (exact) mass is 380 g/mol. The summed E-state index contributed by atoms with van der Waals surface area (Å²) in [6, 6.07) is 7.74. The third-order valence-corrected chi connectivity index (χ3v) is 6.43. The van der Waals surface area contributed by atoms with Crippen LogP contribution in [0.25, 0.3) is 10.9 Å². The first-order chi connectivity index (χ1) is 13.6. The Morgan fingerprint density at radius 3 is 2.82 bits per heavy atom. The summed E-state index contributed by atoms with van der Waals surface area (Å²) in [5, 5.41) is 12.1. The Kier molecular flexibility index (Phi) is 3.97. The molecular weight excluding hydrogens is 356 g/mol. The summed E-state index contributed by atoms with van der Waals surface area (Å²) in [5.74, 6) is 1.33. The maximum absolute atomic E-state index is 13.4. The first kappa shape index (κ1) is 17.4. The van der Waals surface area contributed by atoms with Crippen LogP contribution >= 0.6 is 0 Å². The number of nitrogens with zero attached hydrogens (tertiary/aromatic N) is 5. The summed E-state index contributed by atoms with van der Waals surface area (Å²) in [4.78, 5) is 22.1. The second-order valence-corrected chi connectivity index (χ2v) is 8.20. The lowest BCUT2D eigenvalue weighted by atomic mass is 9.71. The Balaban J connectivity index is 1.48. The summed E-state index contributed by atoms with van der Waals surface area (Å²) in [6.07, 6.45) is 2.03. The molecule has 0 aliphatic carbocycles. The quantitative estimate of drug-likeness (QED) is 0.733. The molecular formula is C20H24N6O2. The highest BCUT2D eigenvalue weighted by Gasteiger charge is 2.52. The van der Waals surface area contributed by atoms with Gasteiger partial charge in [0.2, 0.25) is 5.89 Å². The third kappa shape index (κ3) is 2.71. The van der Waals surface area contributed by atoms with E-state index in [-0.39, 0.29) is 17.2 Å². The van der Waals surface area contributed by atoms with E-state index in [1.807, 2.05) is 36.1 Å². The molecule has 2 aliphatic heterocycles. The molecule has 146 valence electrons. The highest BCUT2D eigenvalue weighted by molar-refractivity contribution is 6.04. The minimum atomic E-state index is -0.0329. The lowest BCUT2D eigenvalue weighted by Gasteiger charge is -2.40. The number of hydrogen-bond acceptors (Lipinski definition) is 6. The number of hydrogen-bond donors (Lipinski definition) is 1. The summed E-state index contributed by atoms with van der Waals surface area (Å²) in [7, 11) is 2.15. The van der Waals surface area contributed by atoms with Gasteiger partial charge in [-0.15, -0.1) is 0 Å². The second-order valence-electron chi connectivity index (χ2n) is 8.20. The number of nitrogens with one attached hydrogen (secondary N) is 1. The van der Waals surface area contributed by atoms with Crippen LogP contribution in [0.15, 0.2) is 28.8 Å². The Labute approximate surface area is 162 Å². The molecule has 2 aromatic heterocycles. The Hall–Kier alpha value is -2.74. The van der Waals surface area contributed by atoms with Crippen LogP contribution in [0.5, 0.6) is 0 Å².